The van der Waals surface area contributed by atoms with Crippen LogP contribution in [0.3, 0.4) is 0 Å². The van der Waals surface area contributed by atoms with Crippen LogP contribution in [0.1, 0.15) is 20.8 Å². The highest BCUT2D eigenvalue weighted by Crippen LogP contribution is 2.17. The second-order valence-electron chi connectivity index (χ2n) is 4.78. The molecule has 0 aromatic carbocycles. The van der Waals surface area contributed by atoms with Crippen LogP contribution in [0.4, 0.5) is 0 Å². The molecule has 0 aromatic heterocycles. The highest BCUT2D eigenvalue weighted by atomic mass is 79.9. The number of hydrogen-bond acceptors (Lipinski definition) is 3. The zero-order valence-corrected chi connectivity index (χ0v) is 11.9. The van der Waals surface area contributed by atoms with Gasteiger partial charge < -0.3 is 0 Å². The number of nitrogens with zero attached hydrogens (tertiary/aromatic N) is 2. The van der Waals surface area contributed by atoms with Crippen molar-refractivity contribution in [2.75, 3.05) is 30.8 Å². The molecule has 0 bridgehead atoms. The molecule has 0 aliphatic carbocycles. The topological polar surface area (TPSA) is 40.6 Å². The molecule has 1 saturated heterocycles. The maximum atomic E-state index is 11.6. The first kappa shape index (κ1) is 13.4. The van der Waals surface area contributed by atoms with Gasteiger partial charge >= 0.3 is 0 Å². The largest absolute Gasteiger partial charge is 0.296 e. The lowest BCUT2D eigenvalue weighted by Crippen LogP contribution is -2.54. The van der Waals surface area contributed by atoms with Crippen molar-refractivity contribution in [3.63, 3.8) is 0 Å². The Balaban J connectivity index is 2.57. The van der Waals surface area contributed by atoms with Gasteiger partial charge in [0, 0.05) is 31.7 Å². The molecule has 0 aromatic rings. The summed E-state index contributed by atoms with van der Waals surface area (Å²) in [7, 11) is -3.07. The van der Waals surface area contributed by atoms with Gasteiger partial charge in [-0.3, -0.25) is 4.90 Å². The van der Waals surface area contributed by atoms with Gasteiger partial charge in [0.15, 0.2) is 0 Å². The molecule has 6 heteroatoms. The summed E-state index contributed by atoms with van der Waals surface area (Å²) in [6, 6.07) is 0. The Morgan fingerprint density at radius 3 is 1.93 bits per heavy atom. The van der Waals surface area contributed by atoms with Crippen molar-refractivity contribution in [2.24, 2.45) is 0 Å². The smallest absolute Gasteiger partial charge is 0.224 e. The van der Waals surface area contributed by atoms with Gasteiger partial charge in [-0.25, -0.2) is 8.42 Å². The molecule has 1 aliphatic rings. The summed E-state index contributed by atoms with van der Waals surface area (Å²) < 4.78 is 24.7. The molecule has 0 N–H and O–H groups in total. The summed E-state index contributed by atoms with van der Waals surface area (Å²) in [5.74, 6) is 0. The van der Waals surface area contributed by atoms with Gasteiger partial charge in [-0.2, -0.15) is 4.31 Å². The van der Waals surface area contributed by atoms with E-state index in [1.54, 1.807) is 4.31 Å². The molecule has 1 aliphatic heterocycles. The number of sulfonamides is 1. The molecular formula is C9H19BrN2O2S. The average molecular weight is 299 g/mol. The molecule has 1 fully saturated rings. The number of halogens is 1. The number of piperazine rings is 1. The van der Waals surface area contributed by atoms with Crippen molar-refractivity contribution >= 4 is 26.0 Å². The number of hydrogen-bond donors (Lipinski definition) is 0. The van der Waals surface area contributed by atoms with Gasteiger partial charge in [0.2, 0.25) is 10.0 Å². The maximum absolute atomic E-state index is 11.6. The number of alkyl halides is 1. The van der Waals surface area contributed by atoms with Crippen LogP contribution < -0.4 is 0 Å². The van der Waals surface area contributed by atoms with Crippen LogP contribution in [0.15, 0.2) is 0 Å². The van der Waals surface area contributed by atoms with Gasteiger partial charge in [0.05, 0.1) is 0 Å². The van der Waals surface area contributed by atoms with Gasteiger partial charge in [-0.15, -0.1) is 0 Å². The fourth-order valence-corrected chi connectivity index (χ4v) is 3.43. The standard InChI is InChI=1S/C9H19BrN2O2S/c1-9(2,3)11-4-6-12(7-5-11)15(13,14)8-10/h4-8H2,1-3H3. The molecule has 0 spiro atoms. The van der Waals surface area contributed by atoms with Crippen LogP contribution in [0.5, 0.6) is 0 Å². The summed E-state index contributed by atoms with van der Waals surface area (Å²) in [6.45, 7) is 9.30. The summed E-state index contributed by atoms with van der Waals surface area (Å²) in [5, 5.41) is 0. The van der Waals surface area contributed by atoms with E-state index < -0.39 is 10.0 Å². The molecule has 0 unspecified atom stereocenters. The third-order valence-corrected chi connectivity index (χ3v) is 5.88. The molecule has 4 nitrogen and oxygen atoms in total. The fourth-order valence-electron chi connectivity index (χ4n) is 1.71. The van der Waals surface area contributed by atoms with Crippen molar-refractivity contribution in [2.45, 2.75) is 26.3 Å². The lowest BCUT2D eigenvalue weighted by molar-refractivity contribution is 0.0924. The van der Waals surface area contributed by atoms with Crippen molar-refractivity contribution in [3.8, 4) is 0 Å². The highest BCUT2D eigenvalue weighted by molar-refractivity contribution is 9.10. The van der Waals surface area contributed by atoms with Crippen LogP contribution in [0.25, 0.3) is 0 Å². The van der Waals surface area contributed by atoms with Crippen LogP contribution >= 0.6 is 15.9 Å². The average Bonchev–Trinajstić information content (AvgIpc) is 2.17. The van der Waals surface area contributed by atoms with Crippen LogP contribution in [0.2, 0.25) is 0 Å². The second-order valence-corrected chi connectivity index (χ2v) is 8.05. The van der Waals surface area contributed by atoms with Crippen molar-refractivity contribution in [1.29, 1.82) is 0 Å². The van der Waals surface area contributed by atoms with Crippen molar-refractivity contribution in [3.05, 3.63) is 0 Å². The second kappa shape index (κ2) is 4.69. The molecule has 15 heavy (non-hydrogen) atoms. The fraction of sp³-hybridized carbons (Fsp3) is 1.00. The number of rotatable bonds is 2. The third-order valence-electron chi connectivity index (χ3n) is 2.72. The lowest BCUT2D eigenvalue weighted by atomic mass is 10.1. The summed E-state index contributed by atoms with van der Waals surface area (Å²) >= 11 is 3.02. The summed E-state index contributed by atoms with van der Waals surface area (Å²) in [6.07, 6.45) is 0. The Bertz CT molecular complexity index is 303. The molecule has 90 valence electrons. The molecule has 1 heterocycles. The molecular weight excluding hydrogens is 280 g/mol. The summed E-state index contributed by atoms with van der Waals surface area (Å²) in [4.78, 5) is 2.31. The quantitative estimate of drug-likeness (QED) is 0.717. The van der Waals surface area contributed by atoms with E-state index in [-0.39, 0.29) is 10.2 Å². The van der Waals surface area contributed by atoms with E-state index in [2.05, 4.69) is 41.6 Å². The van der Waals surface area contributed by atoms with Crippen molar-refractivity contribution in [1.82, 2.24) is 9.21 Å². The molecule has 0 amide bonds. The van der Waals surface area contributed by atoms with E-state index in [4.69, 9.17) is 0 Å². The molecule has 0 saturated carbocycles. The first-order chi connectivity index (χ1) is 6.77. The Morgan fingerprint density at radius 2 is 1.60 bits per heavy atom. The van der Waals surface area contributed by atoms with E-state index in [1.807, 2.05) is 0 Å². The zero-order chi connectivity index (χ0) is 11.7. The minimum absolute atomic E-state index is 0.0233. The van der Waals surface area contributed by atoms with Crippen LogP contribution in [-0.2, 0) is 10.0 Å². The summed E-state index contributed by atoms with van der Waals surface area (Å²) in [5.41, 5.74) is 0.129. The SMILES string of the molecule is CC(C)(C)N1CCN(S(=O)(=O)CBr)CC1. The molecule has 0 atom stereocenters. The van der Waals surface area contributed by atoms with E-state index >= 15 is 0 Å². The monoisotopic (exact) mass is 298 g/mol. The first-order valence-corrected chi connectivity index (χ1v) is 7.79. The van der Waals surface area contributed by atoms with Gasteiger partial charge in [0.25, 0.3) is 0 Å². The van der Waals surface area contributed by atoms with Crippen LogP contribution in [0, 0.1) is 0 Å². The lowest BCUT2D eigenvalue weighted by Gasteiger charge is -2.41. The predicted molar refractivity (Wildman–Crippen MR) is 65.6 cm³/mol. The Hall–Kier alpha value is 0.350. The Labute approximate surface area is 101 Å². The normalized spacial score (nSPS) is 21.9. The predicted octanol–water partition coefficient (Wildman–Crippen LogP) is 1.08. The van der Waals surface area contributed by atoms with E-state index in [9.17, 15) is 8.42 Å². The van der Waals surface area contributed by atoms with Crippen molar-refractivity contribution < 1.29 is 8.42 Å². The van der Waals surface area contributed by atoms with E-state index in [0.717, 1.165) is 13.1 Å². The van der Waals surface area contributed by atoms with Gasteiger partial charge in [-0.05, 0) is 20.8 Å². The highest BCUT2D eigenvalue weighted by Gasteiger charge is 2.30. The Kier molecular flexibility index (Phi) is 4.20. The first-order valence-electron chi connectivity index (χ1n) is 5.06. The Morgan fingerprint density at radius 1 is 1.13 bits per heavy atom. The minimum atomic E-state index is -3.07. The molecule has 1 rings (SSSR count). The minimum Gasteiger partial charge on any atom is -0.296 e. The zero-order valence-electron chi connectivity index (χ0n) is 9.53. The third kappa shape index (κ3) is 3.41. The molecule has 0 radical (unpaired) electrons. The van der Waals surface area contributed by atoms with Crippen LogP contribution in [-0.4, -0.2) is 54.0 Å². The van der Waals surface area contributed by atoms with Gasteiger partial charge in [-0.1, -0.05) is 15.9 Å². The van der Waals surface area contributed by atoms with E-state index in [1.165, 1.54) is 0 Å². The van der Waals surface area contributed by atoms with E-state index in [0.29, 0.717) is 13.1 Å². The van der Waals surface area contributed by atoms with Gasteiger partial charge in [0.1, 0.15) is 4.66 Å². The maximum Gasteiger partial charge on any atom is 0.224 e.